The normalized spacial score (nSPS) is 21.8. The van der Waals surface area contributed by atoms with Crippen molar-refractivity contribution >= 4 is 5.82 Å². The zero-order valence-electron chi connectivity index (χ0n) is 14.4. The Labute approximate surface area is 147 Å². The Bertz CT molecular complexity index is 778. The highest BCUT2D eigenvalue weighted by Crippen LogP contribution is 2.39. The highest BCUT2D eigenvalue weighted by Gasteiger charge is 2.33. The lowest BCUT2D eigenvalue weighted by Crippen LogP contribution is -2.26. The van der Waals surface area contributed by atoms with Crippen LogP contribution >= 0.6 is 0 Å². The first-order chi connectivity index (χ1) is 12.2. The second-order valence-corrected chi connectivity index (χ2v) is 6.98. The number of likely N-dealkylation sites (tertiary alicyclic amines) is 1. The summed E-state index contributed by atoms with van der Waals surface area (Å²) in [6, 6.07) is 5.88. The summed E-state index contributed by atoms with van der Waals surface area (Å²) in [7, 11) is 0. The summed E-state index contributed by atoms with van der Waals surface area (Å²) in [5, 5.41) is 16.6. The van der Waals surface area contributed by atoms with E-state index >= 15 is 0 Å². The molecule has 0 amide bonds. The van der Waals surface area contributed by atoms with Crippen LogP contribution in [0.25, 0.3) is 0 Å². The molecule has 2 atom stereocenters. The van der Waals surface area contributed by atoms with Gasteiger partial charge in [-0.2, -0.15) is 10.2 Å². The number of anilines is 1. The van der Waals surface area contributed by atoms with E-state index in [1.807, 2.05) is 0 Å². The molecule has 1 aliphatic heterocycles. The Balaban J connectivity index is 1.32. The van der Waals surface area contributed by atoms with Crippen LogP contribution in [0, 0.1) is 17.2 Å². The Morgan fingerprint density at radius 2 is 2.32 bits per heavy atom. The lowest BCUT2D eigenvalue weighted by atomic mass is 10.1. The molecule has 2 aromatic rings. The van der Waals surface area contributed by atoms with Crippen molar-refractivity contribution in [2.24, 2.45) is 5.92 Å². The van der Waals surface area contributed by atoms with Crippen molar-refractivity contribution in [1.29, 1.82) is 5.26 Å². The summed E-state index contributed by atoms with van der Waals surface area (Å²) in [5.41, 5.74) is 0.587. The molecule has 0 aromatic carbocycles. The van der Waals surface area contributed by atoms with E-state index in [2.05, 4.69) is 38.3 Å². The predicted octanol–water partition coefficient (Wildman–Crippen LogP) is 2.71. The standard InChI is InChI=1S/C18H22N6O/c1-12(18-22-17(23-25-18)14-4-5-14)24-8-6-13(11-24)10-21-16-15(9-19)3-2-7-20-16/h2-3,7,12-14H,4-6,8,10-11H2,1H3,(H,20,21)/t12-,13-/m1/s1. The molecule has 1 saturated carbocycles. The first-order valence-corrected chi connectivity index (χ1v) is 8.91. The number of rotatable bonds is 6. The van der Waals surface area contributed by atoms with Crippen LogP contribution in [0.1, 0.15) is 55.4 Å². The van der Waals surface area contributed by atoms with Crippen molar-refractivity contribution in [2.45, 2.75) is 38.1 Å². The van der Waals surface area contributed by atoms with Gasteiger partial charge in [-0.15, -0.1) is 0 Å². The van der Waals surface area contributed by atoms with E-state index in [0.717, 1.165) is 37.8 Å². The SMILES string of the molecule is C[C@H](c1nc(C2CC2)no1)N1CC[C@H](CNc2ncccc2C#N)C1. The highest BCUT2D eigenvalue weighted by molar-refractivity contribution is 5.51. The van der Waals surface area contributed by atoms with Crippen LogP contribution in [0.5, 0.6) is 0 Å². The van der Waals surface area contributed by atoms with Gasteiger partial charge in [-0.1, -0.05) is 5.16 Å². The Morgan fingerprint density at radius 3 is 3.12 bits per heavy atom. The topological polar surface area (TPSA) is 90.9 Å². The van der Waals surface area contributed by atoms with Gasteiger partial charge in [-0.3, -0.25) is 4.90 Å². The van der Waals surface area contributed by atoms with Gasteiger partial charge in [-0.05, 0) is 50.8 Å². The summed E-state index contributed by atoms with van der Waals surface area (Å²) in [4.78, 5) is 11.2. The monoisotopic (exact) mass is 338 g/mol. The average Bonchev–Trinajstić information content (AvgIpc) is 3.19. The van der Waals surface area contributed by atoms with Crippen LogP contribution in [0.15, 0.2) is 22.9 Å². The van der Waals surface area contributed by atoms with E-state index in [9.17, 15) is 0 Å². The molecule has 1 saturated heterocycles. The Morgan fingerprint density at radius 1 is 1.44 bits per heavy atom. The third-order valence-corrected chi connectivity index (χ3v) is 5.11. The molecule has 7 nitrogen and oxygen atoms in total. The third kappa shape index (κ3) is 3.49. The maximum atomic E-state index is 9.14. The van der Waals surface area contributed by atoms with E-state index in [1.54, 1.807) is 18.3 Å². The number of nitrogens with one attached hydrogen (secondary N) is 1. The summed E-state index contributed by atoms with van der Waals surface area (Å²) in [6.45, 7) is 4.94. The molecule has 0 radical (unpaired) electrons. The van der Waals surface area contributed by atoms with Crippen molar-refractivity contribution in [3.8, 4) is 6.07 Å². The number of hydrogen-bond acceptors (Lipinski definition) is 7. The van der Waals surface area contributed by atoms with Crippen LogP contribution in [0.2, 0.25) is 0 Å². The second-order valence-electron chi connectivity index (χ2n) is 6.98. The minimum Gasteiger partial charge on any atom is -0.369 e. The summed E-state index contributed by atoms with van der Waals surface area (Å²) >= 11 is 0. The van der Waals surface area contributed by atoms with Crippen LogP contribution < -0.4 is 5.32 Å². The maximum absolute atomic E-state index is 9.14. The lowest BCUT2D eigenvalue weighted by molar-refractivity contribution is 0.203. The van der Waals surface area contributed by atoms with Crippen LogP contribution in [0.3, 0.4) is 0 Å². The second kappa shape index (κ2) is 6.81. The van der Waals surface area contributed by atoms with Crippen molar-refractivity contribution < 1.29 is 4.52 Å². The smallest absolute Gasteiger partial charge is 0.243 e. The highest BCUT2D eigenvalue weighted by atomic mass is 16.5. The molecule has 4 rings (SSSR count). The van der Waals surface area contributed by atoms with Gasteiger partial charge >= 0.3 is 0 Å². The molecule has 1 aliphatic carbocycles. The number of aromatic nitrogens is 3. The first kappa shape index (κ1) is 16.0. The number of nitriles is 1. The van der Waals surface area contributed by atoms with Crippen molar-refractivity contribution in [3.63, 3.8) is 0 Å². The molecule has 2 aliphatic rings. The van der Waals surface area contributed by atoms with E-state index < -0.39 is 0 Å². The minimum absolute atomic E-state index is 0.148. The van der Waals surface area contributed by atoms with Gasteiger partial charge in [0.05, 0.1) is 11.6 Å². The van der Waals surface area contributed by atoms with Gasteiger partial charge in [0.25, 0.3) is 0 Å². The molecule has 0 spiro atoms. The Kier molecular flexibility index (Phi) is 4.36. The zero-order chi connectivity index (χ0) is 17.2. The fraction of sp³-hybridized carbons (Fsp3) is 0.556. The Hall–Kier alpha value is -2.46. The molecule has 2 fully saturated rings. The molecule has 7 heteroatoms. The van der Waals surface area contributed by atoms with Crippen molar-refractivity contribution in [3.05, 3.63) is 35.6 Å². The average molecular weight is 338 g/mol. The molecule has 0 bridgehead atoms. The molecule has 25 heavy (non-hydrogen) atoms. The van der Waals surface area contributed by atoms with E-state index in [1.165, 1.54) is 12.8 Å². The minimum atomic E-state index is 0.148. The predicted molar refractivity (Wildman–Crippen MR) is 91.8 cm³/mol. The quantitative estimate of drug-likeness (QED) is 0.866. The molecule has 130 valence electrons. The first-order valence-electron chi connectivity index (χ1n) is 8.91. The molecule has 3 heterocycles. The maximum Gasteiger partial charge on any atom is 0.243 e. The van der Waals surface area contributed by atoms with Crippen LogP contribution in [0.4, 0.5) is 5.82 Å². The largest absolute Gasteiger partial charge is 0.369 e. The fourth-order valence-electron chi connectivity index (χ4n) is 3.34. The van der Waals surface area contributed by atoms with E-state index in [0.29, 0.717) is 23.2 Å². The fourth-order valence-corrected chi connectivity index (χ4v) is 3.34. The number of pyridine rings is 1. The van der Waals surface area contributed by atoms with Crippen LogP contribution in [-0.2, 0) is 0 Å². The van der Waals surface area contributed by atoms with Crippen LogP contribution in [-0.4, -0.2) is 39.7 Å². The molecule has 1 N–H and O–H groups in total. The number of nitrogens with zero attached hydrogens (tertiary/aromatic N) is 5. The van der Waals surface area contributed by atoms with Crippen molar-refractivity contribution in [1.82, 2.24) is 20.0 Å². The van der Waals surface area contributed by atoms with Gasteiger partial charge in [-0.25, -0.2) is 4.98 Å². The summed E-state index contributed by atoms with van der Waals surface area (Å²) in [6.07, 6.45) is 5.18. The van der Waals surface area contributed by atoms with Gasteiger partial charge in [0.15, 0.2) is 5.82 Å². The van der Waals surface area contributed by atoms with E-state index in [4.69, 9.17) is 9.78 Å². The molecular weight excluding hydrogens is 316 g/mol. The van der Waals surface area contributed by atoms with Gasteiger partial charge in [0, 0.05) is 25.2 Å². The molecule has 2 aromatic heterocycles. The summed E-state index contributed by atoms with van der Waals surface area (Å²) in [5.74, 6) is 3.31. The van der Waals surface area contributed by atoms with Gasteiger partial charge in [0.1, 0.15) is 11.9 Å². The van der Waals surface area contributed by atoms with Gasteiger partial charge in [0.2, 0.25) is 5.89 Å². The molecular formula is C18H22N6O. The van der Waals surface area contributed by atoms with Crippen molar-refractivity contribution in [2.75, 3.05) is 25.0 Å². The summed E-state index contributed by atoms with van der Waals surface area (Å²) < 4.78 is 5.47. The third-order valence-electron chi connectivity index (χ3n) is 5.11. The molecule has 0 unspecified atom stereocenters. The van der Waals surface area contributed by atoms with Gasteiger partial charge < -0.3 is 9.84 Å². The lowest BCUT2D eigenvalue weighted by Gasteiger charge is -2.21. The zero-order valence-corrected chi connectivity index (χ0v) is 14.4. The van der Waals surface area contributed by atoms with E-state index in [-0.39, 0.29) is 6.04 Å². The number of hydrogen-bond donors (Lipinski definition) is 1.